The average molecular weight is 529 g/mol. The fourth-order valence-electron chi connectivity index (χ4n) is 3.32. The van der Waals surface area contributed by atoms with E-state index in [0.29, 0.717) is 4.57 Å². The first kappa shape index (κ1) is 25.4. The summed E-state index contributed by atoms with van der Waals surface area (Å²) < 4.78 is 55.4. The lowest BCUT2D eigenvalue weighted by Gasteiger charge is -2.13. The zero-order valence-corrected chi connectivity index (χ0v) is 20.4. The van der Waals surface area contributed by atoms with Gasteiger partial charge in [0, 0.05) is 25.7 Å². The fourth-order valence-corrected chi connectivity index (χ4v) is 4.26. The number of nitrogens with one attached hydrogen (secondary N) is 2. The number of hydrogen-bond acceptors (Lipinski definition) is 7. The maximum absolute atomic E-state index is 15.2. The second-order valence-corrected chi connectivity index (χ2v) is 9.45. The number of anilines is 2. The van der Waals surface area contributed by atoms with Crippen molar-refractivity contribution >= 4 is 38.6 Å². The van der Waals surface area contributed by atoms with Crippen LogP contribution >= 0.6 is 0 Å². The zero-order valence-electron chi connectivity index (χ0n) is 19.6. The molecule has 0 aliphatic heterocycles. The van der Waals surface area contributed by atoms with Crippen LogP contribution in [0.5, 0.6) is 5.75 Å². The summed E-state index contributed by atoms with van der Waals surface area (Å²) in [5.41, 5.74) is -1.14. The summed E-state index contributed by atoms with van der Waals surface area (Å²) in [7, 11) is -1.22. The predicted molar refractivity (Wildman–Crippen MR) is 135 cm³/mol. The molecule has 13 heteroatoms. The lowest BCUT2D eigenvalue weighted by Crippen LogP contribution is -2.33. The molecule has 4 aromatic rings. The Morgan fingerprint density at radius 3 is 2.46 bits per heavy atom. The number of nitrogens with zero attached hydrogens (tertiary/aromatic N) is 2. The number of hydrogen-bond donors (Lipinski definition) is 2. The molecule has 0 bridgehead atoms. The van der Waals surface area contributed by atoms with Crippen molar-refractivity contribution in [3.63, 3.8) is 0 Å². The summed E-state index contributed by atoms with van der Waals surface area (Å²) in [6, 6.07) is 15.8. The third-order valence-electron chi connectivity index (χ3n) is 5.09. The molecule has 0 aliphatic rings. The maximum atomic E-state index is 15.2. The van der Waals surface area contributed by atoms with E-state index in [-0.39, 0.29) is 33.7 Å². The molecule has 0 aliphatic carbocycles. The van der Waals surface area contributed by atoms with Gasteiger partial charge in [0.05, 0.1) is 23.3 Å². The van der Waals surface area contributed by atoms with Crippen LogP contribution in [0.15, 0.2) is 80.7 Å². The topological polar surface area (TPSA) is 140 Å². The molecule has 2 N–H and O–H groups in total. The van der Waals surface area contributed by atoms with Gasteiger partial charge in [-0.1, -0.05) is 30.3 Å². The minimum absolute atomic E-state index is 0.00595. The van der Waals surface area contributed by atoms with Crippen molar-refractivity contribution < 1.29 is 26.8 Å². The van der Waals surface area contributed by atoms with Gasteiger partial charge in [-0.15, -0.1) is 0 Å². The van der Waals surface area contributed by atoms with Gasteiger partial charge in [0.25, 0.3) is 5.56 Å². The van der Waals surface area contributed by atoms with Gasteiger partial charge in [0.1, 0.15) is 11.3 Å². The van der Waals surface area contributed by atoms with Crippen LogP contribution < -0.4 is 25.5 Å². The molecule has 0 atom stereocenters. The first-order valence-corrected chi connectivity index (χ1v) is 12.2. The van der Waals surface area contributed by atoms with Crippen molar-refractivity contribution in [3.05, 3.63) is 99.0 Å². The molecule has 192 valence electrons. The number of aromatic nitrogens is 1. The summed E-state index contributed by atoms with van der Waals surface area (Å²) in [4.78, 5) is 38.5. The van der Waals surface area contributed by atoms with E-state index in [4.69, 9.17) is 9.15 Å². The van der Waals surface area contributed by atoms with E-state index in [1.165, 1.54) is 67.5 Å². The Kier molecular flexibility index (Phi) is 6.98. The monoisotopic (exact) mass is 528 g/mol. The van der Waals surface area contributed by atoms with Crippen LogP contribution in [0.2, 0.25) is 0 Å². The number of amides is 1. The standard InChI is InChI=1S/C24H21FN4O7S/c1-28(2)23(31)35-17-11-12-18-20(13-17)36-24(32)29(22(18)30)14-15-7-6-10-19(21(15)25)27-37(33,34)26-16-8-4-3-5-9-16/h3-13,26-27H,14H2,1-2H3. The summed E-state index contributed by atoms with van der Waals surface area (Å²) in [5, 5.41) is -0.00595. The van der Waals surface area contributed by atoms with Crippen LogP contribution in [0.3, 0.4) is 0 Å². The van der Waals surface area contributed by atoms with Gasteiger partial charge < -0.3 is 14.1 Å². The normalized spacial score (nSPS) is 11.2. The third kappa shape index (κ3) is 5.78. The van der Waals surface area contributed by atoms with Gasteiger partial charge in [0.15, 0.2) is 5.82 Å². The van der Waals surface area contributed by atoms with Gasteiger partial charge in [-0.05, 0) is 30.3 Å². The summed E-state index contributed by atoms with van der Waals surface area (Å²) in [5.74, 6) is -2.00. The molecule has 37 heavy (non-hydrogen) atoms. The second-order valence-electron chi connectivity index (χ2n) is 8.03. The van der Waals surface area contributed by atoms with Crippen LogP contribution in [-0.2, 0) is 16.8 Å². The minimum atomic E-state index is -4.19. The van der Waals surface area contributed by atoms with Gasteiger partial charge in [-0.2, -0.15) is 8.42 Å². The zero-order chi connectivity index (χ0) is 26.7. The van der Waals surface area contributed by atoms with Crippen molar-refractivity contribution in [2.75, 3.05) is 23.5 Å². The fraction of sp³-hybridized carbons (Fsp3) is 0.125. The molecule has 0 fully saturated rings. The Morgan fingerprint density at radius 1 is 1.03 bits per heavy atom. The Hall–Kier alpha value is -4.65. The second kappa shape index (κ2) is 10.1. The number of fused-ring (bicyclic) bond motifs is 1. The SMILES string of the molecule is CN(C)C(=O)Oc1ccc2c(=O)n(Cc3cccc(NS(=O)(=O)Nc4ccccc4)c3F)c(=O)oc2c1. The Bertz CT molecular complexity index is 1700. The van der Waals surface area contributed by atoms with Crippen molar-refractivity contribution in [1.29, 1.82) is 0 Å². The highest BCUT2D eigenvalue weighted by atomic mass is 32.2. The van der Waals surface area contributed by atoms with Crippen molar-refractivity contribution in [2.45, 2.75) is 6.54 Å². The first-order valence-electron chi connectivity index (χ1n) is 10.7. The van der Waals surface area contributed by atoms with Crippen molar-refractivity contribution in [3.8, 4) is 5.75 Å². The highest BCUT2D eigenvalue weighted by molar-refractivity contribution is 7.94. The predicted octanol–water partition coefficient (Wildman–Crippen LogP) is 2.97. The molecule has 1 amide bonds. The third-order valence-corrected chi connectivity index (χ3v) is 6.09. The van der Waals surface area contributed by atoms with Gasteiger partial charge >= 0.3 is 22.1 Å². The van der Waals surface area contributed by atoms with Crippen LogP contribution in [0.1, 0.15) is 5.56 Å². The van der Waals surface area contributed by atoms with Crippen LogP contribution in [0, 0.1) is 5.82 Å². The molecule has 0 unspecified atom stereocenters. The van der Waals surface area contributed by atoms with Gasteiger partial charge in [-0.3, -0.25) is 14.2 Å². The lowest BCUT2D eigenvalue weighted by molar-refractivity contribution is 0.172. The van der Waals surface area contributed by atoms with E-state index in [1.54, 1.807) is 18.2 Å². The Morgan fingerprint density at radius 2 is 1.76 bits per heavy atom. The smallest absolute Gasteiger partial charge is 0.410 e. The highest BCUT2D eigenvalue weighted by Gasteiger charge is 2.18. The largest absolute Gasteiger partial charge is 0.422 e. The van der Waals surface area contributed by atoms with E-state index in [1.807, 2.05) is 0 Å². The number of benzene rings is 3. The van der Waals surface area contributed by atoms with Crippen molar-refractivity contribution in [2.24, 2.45) is 0 Å². The first-order chi connectivity index (χ1) is 17.5. The summed E-state index contributed by atoms with van der Waals surface area (Å²) >= 11 is 0. The highest BCUT2D eigenvalue weighted by Crippen LogP contribution is 2.22. The molecule has 0 saturated carbocycles. The molecule has 4 rings (SSSR count). The lowest BCUT2D eigenvalue weighted by atomic mass is 10.2. The van der Waals surface area contributed by atoms with Crippen LogP contribution in [-0.4, -0.2) is 38.1 Å². The number of rotatable bonds is 7. The molecular weight excluding hydrogens is 507 g/mol. The van der Waals surface area contributed by atoms with Crippen molar-refractivity contribution in [1.82, 2.24) is 9.47 Å². The van der Waals surface area contributed by atoms with Crippen LogP contribution in [0.25, 0.3) is 11.0 Å². The molecule has 0 spiro atoms. The molecule has 11 nitrogen and oxygen atoms in total. The Labute approximate surface area is 209 Å². The number of carbonyl (C=O) groups excluding carboxylic acids is 1. The quantitative estimate of drug-likeness (QED) is 0.376. The number of para-hydroxylation sites is 1. The summed E-state index contributed by atoms with van der Waals surface area (Å²) in [6.07, 6.45) is -0.667. The minimum Gasteiger partial charge on any atom is -0.410 e. The summed E-state index contributed by atoms with van der Waals surface area (Å²) in [6.45, 7) is -0.526. The maximum Gasteiger partial charge on any atom is 0.422 e. The van der Waals surface area contributed by atoms with Gasteiger partial charge in [0.2, 0.25) is 0 Å². The molecule has 0 radical (unpaired) electrons. The van der Waals surface area contributed by atoms with E-state index in [0.717, 1.165) is 0 Å². The van der Waals surface area contributed by atoms with Crippen LogP contribution in [0.4, 0.5) is 20.6 Å². The molecular formula is C24H21FN4O7S. The van der Waals surface area contributed by atoms with E-state index in [2.05, 4.69) is 9.44 Å². The number of halogens is 1. The molecule has 1 heterocycles. The number of carbonyl (C=O) groups is 1. The van der Waals surface area contributed by atoms with E-state index in [9.17, 15) is 22.8 Å². The molecule has 0 saturated heterocycles. The Balaban J connectivity index is 1.62. The van der Waals surface area contributed by atoms with E-state index >= 15 is 4.39 Å². The molecule has 3 aromatic carbocycles. The molecule has 1 aromatic heterocycles. The average Bonchev–Trinajstić information content (AvgIpc) is 2.84. The van der Waals surface area contributed by atoms with E-state index < -0.39 is 40.0 Å². The number of ether oxygens (including phenoxy) is 1. The van der Waals surface area contributed by atoms with Gasteiger partial charge in [-0.25, -0.2) is 18.5 Å².